The van der Waals surface area contributed by atoms with Crippen molar-refractivity contribution >= 4 is 43.6 Å². The van der Waals surface area contributed by atoms with E-state index in [-0.39, 0.29) is 5.41 Å². The lowest BCUT2D eigenvalue weighted by atomic mass is 9.81. The molecule has 7 aromatic carbocycles. The third-order valence-corrected chi connectivity index (χ3v) is 10.5. The van der Waals surface area contributed by atoms with Gasteiger partial charge in [-0.3, -0.25) is 0 Å². The molecule has 1 aliphatic carbocycles. The number of nitrogens with zero attached hydrogens (tertiary/aromatic N) is 1. The molecule has 0 atom stereocenters. The minimum Gasteiger partial charge on any atom is -0.354 e. The van der Waals surface area contributed by atoms with Gasteiger partial charge in [-0.25, -0.2) is 0 Å². The Morgan fingerprint density at radius 2 is 1.09 bits per heavy atom. The summed E-state index contributed by atoms with van der Waals surface area (Å²) in [6.45, 7) is 4.70. The number of para-hydroxylation sites is 3. The molecule has 2 nitrogen and oxygen atoms in total. The minimum atomic E-state index is -0.0203. The summed E-state index contributed by atoms with van der Waals surface area (Å²) in [4.78, 5) is 3.80. The van der Waals surface area contributed by atoms with Crippen molar-refractivity contribution in [3.63, 3.8) is 0 Å². The average Bonchev–Trinajstić information content (AvgIpc) is 3.74. The van der Waals surface area contributed by atoms with Crippen LogP contribution >= 0.6 is 0 Å². The number of nitrogens with one attached hydrogen (secondary N) is 1. The summed E-state index contributed by atoms with van der Waals surface area (Å²) in [6, 6.07) is 55.8. The zero-order valence-electron chi connectivity index (χ0n) is 26.4. The van der Waals surface area contributed by atoms with Gasteiger partial charge in [-0.2, -0.15) is 0 Å². The van der Waals surface area contributed by atoms with Crippen LogP contribution in [-0.2, 0) is 5.41 Å². The predicted octanol–water partition coefficient (Wildman–Crippen LogP) is 12.1. The SMILES string of the molecule is CC1(C)c2ccccc2-c2ccc(-c3cccc(-c4cccc5c4[nH]c4ccc(-n6c7ccccc7c7ccccc76)cc45)c3)cc21. The van der Waals surface area contributed by atoms with E-state index >= 15 is 0 Å². The second kappa shape index (κ2) is 9.57. The van der Waals surface area contributed by atoms with E-state index < -0.39 is 0 Å². The third kappa shape index (κ3) is 3.73. The standard InChI is InChI=1S/C45H32N2/c1-45(2)39-18-6-3-13-33(39)34-23-21-29(26-40(34)45)28-11-9-12-30(25-28)32-16-10-17-37-38-27-31(22-24-41(38)46-44(32)37)47-42-19-7-4-14-35(42)36-15-5-8-20-43(36)47/h3-27,46H,1-2H3. The number of rotatable bonds is 3. The predicted molar refractivity (Wildman–Crippen MR) is 199 cm³/mol. The third-order valence-electron chi connectivity index (χ3n) is 10.5. The van der Waals surface area contributed by atoms with Gasteiger partial charge < -0.3 is 9.55 Å². The van der Waals surface area contributed by atoms with E-state index in [0.717, 1.165) is 5.52 Å². The smallest absolute Gasteiger partial charge is 0.0544 e. The topological polar surface area (TPSA) is 20.7 Å². The van der Waals surface area contributed by atoms with Crippen LogP contribution in [0.25, 0.3) is 82.7 Å². The molecule has 0 fully saturated rings. The molecule has 1 aliphatic rings. The van der Waals surface area contributed by atoms with E-state index in [1.54, 1.807) is 0 Å². The zero-order valence-corrected chi connectivity index (χ0v) is 26.4. The van der Waals surface area contributed by atoms with Crippen LogP contribution in [0.5, 0.6) is 0 Å². The van der Waals surface area contributed by atoms with Gasteiger partial charge in [0.2, 0.25) is 0 Å². The highest BCUT2D eigenvalue weighted by Crippen LogP contribution is 2.49. The molecule has 0 spiro atoms. The fraction of sp³-hybridized carbons (Fsp3) is 0.0667. The van der Waals surface area contributed by atoms with Crippen molar-refractivity contribution in [1.29, 1.82) is 0 Å². The molecule has 10 rings (SSSR count). The van der Waals surface area contributed by atoms with E-state index in [0.29, 0.717) is 0 Å². The zero-order chi connectivity index (χ0) is 31.3. The summed E-state index contributed by atoms with van der Waals surface area (Å²) in [5, 5.41) is 5.03. The van der Waals surface area contributed by atoms with Crippen molar-refractivity contribution in [3.05, 3.63) is 163 Å². The highest BCUT2D eigenvalue weighted by Gasteiger charge is 2.35. The van der Waals surface area contributed by atoms with Gasteiger partial charge in [0.1, 0.15) is 0 Å². The maximum atomic E-state index is 3.80. The van der Waals surface area contributed by atoms with Crippen LogP contribution < -0.4 is 0 Å². The number of hydrogen-bond acceptors (Lipinski definition) is 0. The van der Waals surface area contributed by atoms with Gasteiger partial charge in [0.15, 0.2) is 0 Å². The fourth-order valence-electron chi connectivity index (χ4n) is 8.24. The van der Waals surface area contributed by atoms with Crippen LogP contribution in [0.15, 0.2) is 152 Å². The van der Waals surface area contributed by atoms with Crippen molar-refractivity contribution in [2.24, 2.45) is 0 Å². The average molecular weight is 601 g/mol. The minimum absolute atomic E-state index is 0.0203. The molecule has 2 aromatic heterocycles. The largest absolute Gasteiger partial charge is 0.354 e. The molecule has 0 radical (unpaired) electrons. The first-order valence-corrected chi connectivity index (χ1v) is 16.4. The van der Waals surface area contributed by atoms with Crippen molar-refractivity contribution in [2.75, 3.05) is 0 Å². The molecule has 2 heterocycles. The highest BCUT2D eigenvalue weighted by molar-refractivity contribution is 6.13. The lowest BCUT2D eigenvalue weighted by Crippen LogP contribution is -2.14. The molecular formula is C45H32N2. The van der Waals surface area contributed by atoms with Crippen molar-refractivity contribution in [1.82, 2.24) is 9.55 Å². The molecule has 0 unspecified atom stereocenters. The first-order chi connectivity index (χ1) is 23.1. The van der Waals surface area contributed by atoms with E-state index in [9.17, 15) is 0 Å². The Labute approximate surface area is 273 Å². The van der Waals surface area contributed by atoms with Crippen molar-refractivity contribution in [2.45, 2.75) is 19.3 Å². The van der Waals surface area contributed by atoms with Gasteiger partial charge in [0, 0.05) is 43.7 Å². The second-order valence-corrected chi connectivity index (χ2v) is 13.5. The van der Waals surface area contributed by atoms with Crippen LogP contribution in [-0.4, -0.2) is 9.55 Å². The van der Waals surface area contributed by atoms with Crippen LogP contribution in [0.1, 0.15) is 25.0 Å². The Morgan fingerprint density at radius 3 is 1.91 bits per heavy atom. The summed E-state index contributed by atoms with van der Waals surface area (Å²) >= 11 is 0. The first-order valence-electron chi connectivity index (χ1n) is 16.4. The Morgan fingerprint density at radius 1 is 0.447 bits per heavy atom. The van der Waals surface area contributed by atoms with Crippen molar-refractivity contribution in [3.8, 4) is 39.1 Å². The molecule has 0 bridgehead atoms. The molecule has 0 saturated heterocycles. The Hall–Kier alpha value is -5.86. The molecule has 0 aliphatic heterocycles. The Bertz CT molecular complexity index is 2660. The Kier molecular flexibility index (Phi) is 5.37. The van der Waals surface area contributed by atoms with Crippen LogP contribution in [0.4, 0.5) is 0 Å². The lowest BCUT2D eigenvalue weighted by Gasteiger charge is -2.22. The number of H-pyrrole nitrogens is 1. The fourth-order valence-corrected chi connectivity index (χ4v) is 8.24. The summed E-state index contributed by atoms with van der Waals surface area (Å²) in [5.41, 5.74) is 16.4. The number of aromatic nitrogens is 2. The molecular weight excluding hydrogens is 569 g/mol. The molecule has 222 valence electrons. The van der Waals surface area contributed by atoms with Gasteiger partial charge in [-0.1, -0.05) is 123 Å². The molecule has 2 heteroatoms. The first kappa shape index (κ1) is 26.4. The summed E-state index contributed by atoms with van der Waals surface area (Å²) in [6.07, 6.45) is 0. The summed E-state index contributed by atoms with van der Waals surface area (Å²) in [7, 11) is 0. The van der Waals surface area contributed by atoms with Crippen LogP contribution in [0.2, 0.25) is 0 Å². The number of aromatic amines is 1. The van der Waals surface area contributed by atoms with Gasteiger partial charge in [-0.05, 0) is 81.4 Å². The molecule has 47 heavy (non-hydrogen) atoms. The Balaban J connectivity index is 1.10. The summed E-state index contributed by atoms with van der Waals surface area (Å²) < 4.78 is 2.40. The van der Waals surface area contributed by atoms with E-state index in [2.05, 4.69) is 175 Å². The molecule has 0 saturated carbocycles. The normalized spacial score (nSPS) is 13.5. The van der Waals surface area contributed by atoms with E-state index in [4.69, 9.17) is 0 Å². The summed E-state index contributed by atoms with van der Waals surface area (Å²) in [5.74, 6) is 0. The molecule has 1 N–H and O–H groups in total. The van der Waals surface area contributed by atoms with Gasteiger partial charge in [0.25, 0.3) is 0 Å². The second-order valence-electron chi connectivity index (χ2n) is 13.5. The lowest BCUT2D eigenvalue weighted by molar-refractivity contribution is 0.660. The quantitative estimate of drug-likeness (QED) is 0.208. The van der Waals surface area contributed by atoms with E-state index in [1.807, 2.05) is 0 Å². The maximum absolute atomic E-state index is 3.80. The van der Waals surface area contributed by atoms with E-state index in [1.165, 1.54) is 88.3 Å². The maximum Gasteiger partial charge on any atom is 0.0544 e. The molecule has 9 aromatic rings. The van der Waals surface area contributed by atoms with Crippen LogP contribution in [0.3, 0.4) is 0 Å². The van der Waals surface area contributed by atoms with Crippen LogP contribution in [0, 0.1) is 0 Å². The number of benzene rings is 7. The molecule has 0 amide bonds. The number of fused-ring (bicyclic) bond motifs is 9. The highest BCUT2D eigenvalue weighted by atomic mass is 15.0. The number of hydrogen-bond donors (Lipinski definition) is 1. The van der Waals surface area contributed by atoms with Gasteiger partial charge >= 0.3 is 0 Å². The van der Waals surface area contributed by atoms with Gasteiger partial charge in [-0.15, -0.1) is 0 Å². The monoisotopic (exact) mass is 600 g/mol. The van der Waals surface area contributed by atoms with Gasteiger partial charge in [0.05, 0.1) is 16.6 Å². The van der Waals surface area contributed by atoms with Crippen molar-refractivity contribution < 1.29 is 0 Å².